The molecule has 12 heavy (non-hydrogen) atoms. The van der Waals surface area contributed by atoms with Crippen molar-refractivity contribution in [2.75, 3.05) is 5.73 Å². The second-order valence-corrected chi connectivity index (χ2v) is 1.98. The highest BCUT2D eigenvalue weighted by Crippen LogP contribution is 2.14. The Morgan fingerprint density at radius 3 is 2.75 bits per heavy atom. The number of hydrogen-bond donors (Lipinski definition) is 3. The van der Waals surface area contributed by atoms with Gasteiger partial charge in [0, 0.05) is 6.07 Å². The Kier molecular flexibility index (Phi) is 2.46. The maximum absolute atomic E-state index is 12.6. The number of halogens is 1. The average molecular weight is 172 g/mol. The lowest BCUT2D eigenvalue weighted by Crippen LogP contribution is -2.20. The molecule has 1 aromatic heterocycles. The molecule has 1 heterocycles. The van der Waals surface area contributed by atoms with Gasteiger partial charge in [-0.2, -0.15) is 0 Å². The molecule has 0 aliphatic heterocycles. The predicted molar refractivity (Wildman–Crippen MR) is 39.4 cm³/mol. The van der Waals surface area contributed by atoms with Crippen LogP contribution in [0.25, 0.3) is 0 Å². The van der Waals surface area contributed by atoms with Gasteiger partial charge in [-0.25, -0.2) is 9.37 Å². The van der Waals surface area contributed by atoms with Gasteiger partial charge in [-0.15, -0.1) is 0 Å². The van der Waals surface area contributed by atoms with E-state index in [1.165, 1.54) is 0 Å². The van der Waals surface area contributed by atoms with Gasteiger partial charge in [-0.3, -0.25) is 0 Å². The van der Waals surface area contributed by atoms with E-state index >= 15 is 0 Å². The summed E-state index contributed by atoms with van der Waals surface area (Å²) in [5.74, 6) is -1.14. The van der Waals surface area contributed by atoms with Crippen LogP contribution in [-0.2, 0) is 0 Å². The van der Waals surface area contributed by atoms with Crippen molar-refractivity contribution in [1.82, 2.24) is 4.98 Å². The van der Waals surface area contributed by atoms with E-state index < -0.39 is 13.1 Å². The van der Waals surface area contributed by atoms with Gasteiger partial charge in [0.15, 0.2) is 11.6 Å². The molecular weight excluding hydrogens is 166 g/mol. The van der Waals surface area contributed by atoms with Crippen molar-refractivity contribution in [2.45, 2.75) is 0 Å². The zero-order valence-electron chi connectivity index (χ0n) is 5.94. The van der Waals surface area contributed by atoms with E-state index in [1.807, 2.05) is 0 Å². The largest absolute Gasteiger partial charge is 0.707 e. The van der Waals surface area contributed by atoms with Gasteiger partial charge < -0.3 is 20.4 Å². The van der Waals surface area contributed by atoms with Gasteiger partial charge in [-0.05, 0) is 0 Å². The average Bonchev–Trinajstić information content (AvgIpc) is 1.96. The predicted octanol–water partition coefficient (Wildman–Crippen LogP) is -0.849. The first kappa shape index (κ1) is 8.76. The molecule has 1 rings (SSSR count). The first-order chi connectivity index (χ1) is 5.59. The van der Waals surface area contributed by atoms with E-state index in [0.717, 1.165) is 12.3 Å². The summed E-state index contributed by atoms with van der Waals surface area (Å²) in [6.07, 6.45) is 1.08. The van der Waals surface area contributed by atoms with Crippen molar-refractivity contribution >= 4 is 13.1 Å². The maximum Gasteiger partial charge on any atom is 0.707 e. The second kappa shape index (κ2) is 3.37. The minimum atomic E-state index is -1.99. The number of nitrogens with zero attached hydrogens (tertiary/aromatic N) is 1. The van der Waals surface area contributed by atoms with Crippen molar-refractivity contribution < 1.29 is 19.1 Å². The van der Waals surface area contributed by atoms with Crippen molar-refractivity contribution in [3.05, 3.63) is 18.1 Å². The third-order valence-corrected chi connectivity index (χ3v) is 1.09. The van der Waals surface area contributed by atoms with E-state index in [-0.39, 0.29) is 11.6 Å². The van der Waals surface area contributed by atoms with Crippen LogP contribution in [0.3, 0.4) is 0 Å². The Morgan fingerprint density at radius 2 is 2.25 bits per heavy atom. The first-order valence-electron chi connectivity index (χ1n) is 3.03. The molecule has 0 saturated carbocycles. The number of nitrogen functional groups attached to an aromatic ring is 1. The van der Waals surface area contributed by atoms with Crippen LogP contribution >= 0.6 is 0 Å². The fraction of sp³-hybridized carbons (Fsp3) is 0. The summed E-state index contributed by atoms with van der Waals surface area (Å²) in [5.41, 5.74) is 5.05. The maximum atomic E-state index is 12.6. The van der Waals surface area contributed by atoms with E-state index in [1.54, 1.807) is 0 Å². The summed E-state index contributed by atoms with van der Waals surface area (Å²) in [6, 6.07) is 0.905. The van der Waals surface area contributed by atoms with Crippen molar-refractivity contribution in [2.24, 2.45) is 0 Å². The molecule has 0 aromatic carbocycles. The number of rotatable bonds is 2. The van der Waals surface area contributed by atoms with E-state index in [0.29, 0.717) is 0 Å². The molecule has 5 nitrogen and oxygen atoms in total. The number of pyridine rings is 1. The second-order valence-electron chi connectivity index (χ2n) is 1.98. The van der Waals surface area contributed by atoms with E-state index in [4.69, 9.17) is 15.8 Å². The molecule has 4 N–H and O–H groups in total. The minimum Gasteiger partial charge on any atom is -0.511 e. The Labute approximate surface area is 67.8 Å². The molecule has 64 valence electrons. The molecule has 0 aliphatic carbocycles. The van der Waals surface area contributed by atoms with Crippen LogP contribution in [0.4, 0.5) is 10.2 Å². The fourth-order valence-electron chi connectivity index (χ4n) is 0.617. The normalized spacial score (nSPS) is 9.58. The zero-order valence-corrected chi connectivity index (χ0v) is 5.94. The van der Waals surface area contributed by atoms with Crippen molar-refractivity contribution in [3.63, 3.8) is 0 Å². The molecule has 0 spiro atoms. The third kappa shape index (κ3) is 2.07. The lowest BCUT2D eigenvalue weighted by molar-refractivity contribution is 0.287. The standard InChI is InChI=1S/C5H6BFN2O3/c7-4-1-3(12-6(10)11)2-9-5(4)8/h1-2,10-11H,(H2,8,9). The highest BCUT2D eigenvalue weighted by atomic mass is 19.1. The Hall–Kier alpha value is -1.34. The quantitative estimate of drug-likeness (QED) is 0.505. The fourth-order valence-corrected chi connectivity index (χ4v) is 0.617. The third-order valence-electron chi connectivity index (χ3n) is 1.09. The van der Waals surface area contributed by atoms with Gasteiger partial charge >= 0.3 is 7.32 Å². The van der Waals surface area contributed by atoms with Gasteiger partial charge in [-0.1, -0.05) is 0 Å². The van der Waals surface area contributed by atoms with Crippen LogP contribution in [-0.4, -0.2) is 22.4 Å². The van der Waals surface area contributed by atoms with Gasteiger partial charge in [0.25, 0.3) is 0 Å². The molecule has 1 aromatic rings. The van der Waals surface area contributed by atoms with Gasteiger partial charge in [0.05, 0.1) is 6.20 Å². The van der Waals surface area contributed by atoms with Gasteiger partial charge in [0.1, 0.15) is 5.75 Å². The molecule has 0 saturated heterocycles. The van der Waals surface area contributed by atoms with E-state index in [9.17, 15) is 4.39 Å². The summed E-state index contributed by atoms with van der Waals surface area (Å²) in [7, 11) is -1.99. The molecule has 0 bridgehead atoms. The van der Waals surface area contributed by atoms with E-state index in [2.05, 4.69) is 9.64 Å². The van der Waals surface area contributed by atoms with Crippen molar-refractivity contribution in [3.8, 4) is 5.75 Å². The number of hydrogen-bond acceptors (Lipinski definition) is 5. The lowest BCUT2D eigenvalue weighted by atomic mass is 10.2. The van der Waals surface area contributed by atoms with Crippen LogP contribution in [0, 0.1) is 5.82 Å². The van der Waals surface area contributed by atoms with Gasteiger partial charge in [0.2, 0.25) is 0 Å². The summed E-state index contributed by atoms with van der Waals surface area (Å²) in [4.78, 5) is 3.39. The summed E-state index contributed by atoms with van der Waals surface area (Å²) in [5, 5.41) is 16.6. The van der Waals surface area contributed by atoms with Crippen LogP contribution in [0.2, 0.25) is 0 Å². The molecule has 0 atom stereocenters. The Bertz CT molecular complexity index is 283. The Morgan fingerprint density at radius 1 is 1.58 bits per heavy atom. The molecule has 0 radical (unpaired) electrons. The Balaban J connectivity index is 2.82. The van der Waals surface area contributed by atoms with Crippen LogP contribution in [0.5, 0.6) is 5.75 Å². The minimum absolute atomic E-state index is 0.100. The number of nitrogens with two attached hydrogens (primary N) is 1. The highest BCUT2D eigenvalue weighted by Gasteiger charge is 2.12. The van der Waals surface area contributed by atoms with Crippen molar-refractivity contribution in [1.29, 1.82) is 0 Å². The highest BCUT2D eigenvalue weighted by molar-refractivity contribution is 6.33. The molecule has 0 fully saturated rings. The van der Waals surface area contributed by atoms with Crippen LogP contribution in [0.15, 0.2) is 12.3 Å². The molecule has 0 amide bonds. The molecular formula is C5H6BFN2O3. The zero-order chi connectivity index (χ0) is 9.14. The lowest BCUT2D eigenvalue weighted by Gasteiger charge is -2.03. The summed E-state index contributed by atoms with van der Waals surface area (Å²) >= 11 is 0. The van der Waals surface area contributed by atoms with Crippen LogP contribution < -0.4 is 10.4 Å². The van der Waals surface area contributed by atoms with Crippen LogP contribution in [0.1, 0.15) is 0 Å². The molecule has 0 unspecified atom stereocenters. The first-order valence-corrected chi connectivity index (χ1v) is 3.03. The smallest absolute Gasteiger partial charge is 0.511 e. The summed E-state index contributed by atoms with van der Waals surface area (Å²) < 4.78 is 16.9. The monoisotopic (exact) mass is 172 g/mol. The number of aromatic nitrogens is 1. The molecule has 7 heteroatoms. The molecule has 0 aliphatic rings. The number of anilines is 1. The topological polar surface area (TPSA) is 88.6 Å². The SMILES string of the molecule is Nc1ncc(OB(O)O)cc1F. The summed E-state index contributed by atoms with van der Waals surface area (Å²) in [6.45, 7) is 0.